The number of rotatable bonds is 6. The van der Waals surface area contributed by atoms with Crippen LogP contribution in [0.15, 0.2) is 71.9 Å². The summed E-state index contributed by atoms with van der Waals surface area (Å²) in [5, 5.41) is 0. The van der Waals surface area contributed by atoms with Gasteiger partial charge in [-0.1, -0.05) is 12.1 Å². The van der Waals surface area contributed by atoms with Crippen LogP contribution in [-0.2, 0) is 21.2 Å². The van der Waals surface area contributed by atoms with Crippen molar-refractivity contribution in [1.82, 2.24) is 9.88 Å². The number of hydrogen-bond donors (Lipinski definition) is 0. The average molecular weight is 532 g/mol. The molecule has 2 heterocycles. The molecule has 8 nitrogen and oxygen atoms in total. The van der Waals surface area contributed by atoms with Gasteiger partial charge in [-0.3, -0.25) is 9.78 Å². The van der Waals surface area contributed by atoms with Gasteiger partial charge in [0.2, 0.25) is 0 Å². The van der Waals surface area contributed by atoms with E-state index in [0.29, 0.717) is 18.6 Å². The SMILES string of the molecule is COc1ccc(-c2cnccc2CN2C(=O)N(c3ccc(S(=O)(=O)C(F)(F)F)cc3)C(=O)C23CC3)cc1. The van der Waals surface area contributed by atoms with E-state index < -0.39 is 37.7 Å². The second kappa shape index (κ2) is 8.58. The van der Waals surface area contributed by atoms with Gasteiger partial charge < -0.3 is 9.64 Å². The molecule has 5 rings (SSSR count). The zero-order valence-electron chi connectivity index (χ0n) is 19.4. The molecule has 2 aliphatic rings. The number of anilines is 1. The smallest absolute Gasteiger partial charge is 0.497 e. The summed E-state index contributed by atoms with van der Waals surface area (Å²) < 4.78 is 67.2. The second-order valence-electron chi connectivity index (χ2n) is 8.75. The van der Waals surface area contributed by atoms with Crippen molar-refractivity contribution in [2.45, 2.75) is 35.3 Å². The lowest BCUT2D eigenvalue weighted by Gasteiger charge is -2.23. The molecule has 1 aromatic heterocycles. The van der Waals surface area contributed by atoms with Crippen LogP contribution in [0.5, 0.6) is 5.75 Å². The van der Waals surface area contributed by atoms with Gasteiger partial charge in [-0.15, -0.1) is 0 Å². The number of amides is 3. The highest BCUT2D eigenvalue weighted by Crippen LogP contribution is 2.50. The molecule has 2 fully saturated rings. The number of alkyl halides is 3. The first kappa shape index (κ1) is 24.8. The van der Waals surface area contributed by atoms with E-state index in [9.17, 15) is 31.2 Å². The van der Waals surface area contributed by atoms with Crippen molar-refractivity contribution < 1.29 is 35.9 Å². The number of carbonyl (C=O) groups excluding carboxylic acids is 2. The summed E-state index contributed by atoms with van der Waals surface area (Å²) >= 11 is 0. The van der Waals surface area contributed by atoms with E-state index in [2.05, 4.69) is 4.98 Å². The molecule has 1 aliphatic carbocycles. The molecule has 1 spiro atoms. The molecule has 2 aromatic carbocycles. The van der Waals surface area contributed by atoms with E-state index >= 15 is 0 Å². The molecular formula is C25H20F3N3O5S. The Bertz CT molecular complexity index is 1490. The largest absolute Gasteiger partial charge is 0.501 e. The van der Waals surface area contributed by atoms with E-state index in [4.69, 9.17) is 4.74 Å². The number of hydrogen-bond acceptors (Lipinski definition) is 6. The van der Waals surface area contributed by atoms with E-state index in [0.717, 1.165) is 45.9 Å². The minimum Gasteiger partial charge on any atom is -0.497 e. The highest BCUT2D eigenvalue weighted by atomic mass is 32.2. The van der Waals surface area contributed by atoms with E-state index in [1.165, 1.54) is 4.90 Å². The van der Waals surface area contributed by atoms with Crippen molar-refractivity contribution >= 4 is 27.5 Å². The molecule has 0 atom stereocenters. The van der Waals surface area contributed by atoms with Crippen LogP contribution in [-0.4, -0.2) is 48.4 Å². The monoisotopic (exact) mass is 531 g/mol. The molecule has 0 unspecified atom stereocenters. The molecule has 0 bridgehead atoms. The van der Waals surface area contributed by atoms with E-state index in [1.807, 2.05) is 12.1 Å². The molecule has 0 N–H and O–H groups in total. The van der Waals surface area contributed by atoms with E-state index in [1.54, 1.807) is 37.7 Å². The van der Waals surface area contributed by atoms with Gasteiger partial charge in [-0.2, -0.15) is 13.2 Å². The Morgan fingerprint density at radius 3 is 2.22 bits per heavy atom. The summed E-state index contributed by atoms with van der Waals surface area (Å²) in [6.45, 7) is 0.103. The minimum atomic E-state index is -5.55. The third-order valence-corrected chi connectivity index (χ3v) is 8.12. The maximum absolute atomic E-state index is 13.4. The zero-order chi connectivity index (χ0) is 26.6. The van der Waals surface area contributed by atoms with Gasteiger partial charge in [0.05, 0.1) is 17.7 Å². The van der Waals surface area contributed by atoms with E-state index in [-0.39, 0.29) is 12.2 Å². The highest BCUT2D eigenvalue weighted by Gasteiger charge is 2.65. The number of methoxy groups -OCH3 is 1. The predicted molar refractivity (Wildman–Crippen MR) is 126 cm³/mol. The van der Waals surface area contributed by atoms with Crippen molar-refractivity contribution in [2.75, 3.05) is 12.0 Å². The van der Waals surface area contributed by atoms with Gasteiger partial charge in [-0.25, -0.2) is 18.1 Å². The maximum Gasteiger partial charge on any atom is 0.501 e. The van der Waals surface area contributed by atoms with Gasteiger partial charge in [0.1, 0.15) is 11.3 Å². The van der Waals surface area contributed by atoms with Crippen molar-refractivity contribution in [3.8, 4) is 16.9 Å². The van der Waals surface area contributed by atoms with Crippen LogP contribution in [0.2, 0.25) is 0 Å². The quantitative estimate of drug-likeness (QED) is 0.433. The van der Waals surface area contributed by atoms with Gasteiger partial charge in [0.15, 0.2) is 0 Å². The van der Waals surface area contributed by atoms with Crippen LogP contribution < -0.4 is 9.64 Å². The number of ether oxygens (including phenoxy) is 1. The van der Waals surface area contributed by atoms with Crippen LogP contribution in [0.25, 0.3) is 11.1 Å². The summed E-state index contributed by atoms with van der Waals surface area (Å²) in [7, 11) is -3.99. The number of carbonyl (C=O) groups is 2. The third kappa shape index (κ3) is 4.01. The first-order valence-electron chi connectivity index (χ1n) is 11.1. The summed E-state index contributed by atoms with van der Waals surface area (Å²) in [6.07, 6.45) is 4.13. The lowest BCUT2D eigenvalue weighted by molar-refractivity contribution is -0.120. The highest BCUT2D eigenvalue weighted by molar-refractivity contribution is 7.92. The van der Waals surface area contributed by atoms with Crippen molar-refractivity contribution in [3.05, 3.63) is 72.6 Å². The molecule has 3 amide bonds. The van der Waals surface area contributed by atoms with Gasteiger partial charge >= 0.3 is 11.5 Å². The van der Waals surface area contributed by atoms with Gasteiger partial charge in [0, 0.05) is 24.5 Å². The van der Waals surface area contributed by atoms with Crippen molar-refractivity contribution in [1.29, 1.82) is 0 Å². The minimum absolute atomic E-state index is 0.00462. The molecule has 37 heavy (non-hydrogen) atoms. The third-order valence-electron chi connectivity index (χ3n) is 6.61. The Labute approximate surface area is 210 Å². The number of sulfone groups is 1. The second-order valence-corrected chi connectivity index (χ2v) is 10.7. The van der Waals surface area contributed by atoms with Crippen molar-refractivity contribution in [2.24, 2.45) is 0 Å². The Balaban J connectivity index is 1.45. The summed E-state index contributed by atoms with van der Waals surface area (Å²) in [5.74, 6) is 0.181. The van der Waals surface area contributed by atoms with Crippen LogP contribution in [0.4, 0.5) is 23.7 Å². The van der Waals surface area contributed by atoms with Crippen molar-refractivity contribution in [3.63, 3.8) is 0 Å². The maximum atomic E-state index is 13.4. The number of aromatic nitrogens is 1. The molecule has 192 valence electrons. The van der Waals surface area contributed by atoms with Gasteiger partial charge in [0.25, 0.3) is 15.7 Å². The average Bonchev–Trinajstić information content (AvgIpc) is 3.66. The fourth-order valence-corrected chi connectivity index (χ4v) is 5.19. The fourth-order valence-electron chi connectivity index (χ4n) is 4.43. The fraction of sp³-hybridized carbons (Fsp3) is 0.240. The molecule has 1 saturated carbocycles. The molecule has 1 aliphatic heterocycles. The van der Waals surface area contributed by atoms with Crippen LogP contribution in [0, 0.1) is 0 Å². The number of urea groups is 1. The summed E-state index contributed by atoms with van der Waals surface area (Å²) in [5.41, 5.74) is -4.16. The number of halogens is 3. The standard InChI is InChI=1S/C25H20F3N3O5S/c1-36-19-6-2-16(3-7-19)21-14-29-13-10-17(21)15-30-23(33)31(22(32)24(30)11-12-24)18-4-8-20(9-5-18)37(34,35)25(26,27)28/h2-10,13-14H,11-12,15H2,1H3. The molecule has 12 heteroatoms. The lowest BCUT2D eigenvalue weighted by atomic mass is 10.0. The number of pyridine rings is 1. The summed E-state index contributed by atoms with van der Waals surface area (Å²) in [4.78, 5) is 32.3. The zero-order valence-corrected chi connectivity index (χ0v) is 20.2. The number of nitrogens with zero attached hydrogens (tertiary/aromatic N) is 3. The normalized spacial score (nSPS) is 17.0. The predicted octanol–water partition coefficient (Wildman–Crippen LogP) is 4.55. The molecule has 0 radical (unpaired) electrons. The number of benzene rings is 2. The Hall–Kier alpha value is -3.93. The molecule has 1 saturated heterocycles. The van der Waals surface area contributed by atoms with Crippen LogP contribution in [0.3, 0.4) is 0 Å². The van der Waals surface area contributed by atoms with Crippen LogP contribution >= 0.6 is 0 Å². The topological polar surface area (TPSA) is 96.9 Å². The first-order chi connectivity index (χ1) is 17.5. The van der Waals surface area contributed by atoms with Crippen LogP contribution in [0.1, 0.15) is 18.4 Å². The first-order valence-corrected chi connectivity index (χ1v) is 12.6. The summed E-state index contributed by atoms with van der Waals surface area (Å²) in [6, 6.07) is 12.0. The Morgan fingerprint density at radius 2 is 1.65 bits per heavy atom. The Kier molecular flexibility index (Phi) is 5.74. The number of imide groups is 1. The molecule has 3 aromatic rings. The lowest BCUT2D eigenvalue weighted by Crippen LogP contribution is -2.36. The molecular weight excluding hydrogens is 511 g/mol. The van der Waals surface area contributed by atoms with Gasteiger partial charge in [-0.05, 0) is 66.4 Å². The Morgan fingerprint density at radius 1 is 1.00 bits per heavy atom.